The topological polar surface area (TPSA) is 69.6 Å². The molecule has 2 amide bonds. The molecule has 2 N–H and O–H groups in total. The maximum atomic E-state index is 12.1. The lowest BCUT2D eigenvalue weighted by Gasteiger charge is -2.33. The van der Waals surface area contributed by atoms with E-state index in [0.29, 0.717) is 24.8 Å². The summed E-state index contributed by atoms with van der Waals surface area (Å²) in [6.07, 6.45) is 6.16. The smallest absolute Gasteiger partial charge is 0.327 e. The van der Waals surface area contributed by atoms with E-state index in [-0.39, 0.29) is 6.03 Å². The summed E-state index contributed by atoms with van der Waals surface area (Å²) in [5.41, 5.74) is 0. The molecular formula is C13H22N2O3S. The van der Waals surface area contributed by atoms with Gasteiger partial charge in [0.2, 0.25) is 0 Å². The van der Waals surface area contributed by atoms with E-state index in [1.54, 1.807) is 11.8 Å². The fourth-order valence-corrected chi connectivity index (χ4v) is 3.81. The molecule has 5 nitrogen and oxygen atoms in total. The number of aliphatic carboxylic acids is 1. The highest BCUT2D eigenvalue weighted by Crippen LogP contribution is 2.23. The number of carboxylic acids is 1. The van der Waals surface area contributed by atoms with Crippen molar-refractivity contribution < 1.29 is 14.7 Å². The zero-order valence-corrected chi connectivity index (χ0v) is 12.0. The SMILES string of the molecule is O=C(O)C1CSCCN1C(=O)NCC1CCCCC1. The molecule has 0 aromatic carbocycles. The van der Waals surface area contributed by atoms with Gasteiger partial charge in [0.05, 0.1) is 0 Å². The van der Waals surface area contributed by atoms with Crippen LogP contribution >= 0.6 is 11.8 Å². The summed E-state index contributed by atoms with van der Waals surface area (Å²) < 4.78 is 0. The van der Waals surface area contributed by atoms with E-state index in [4.69, 9.17) is 5.11 Å². The first-order valence-electron chi connectivity index (χ1n) is 7.03. The van der Waals surface area contributed by atoms with Gasteiger partial charge in [-0.2, -0.15) is 11.8 Å². The number of nitrogens with one attached hydrogen (secondary N) is 1. The van der Waals surface area contributed by atoms with Crippen LogP contribution in [0.2, 0.25) is 0 Å². The van der Waals surface area contributed by atoms with Gasteiger partial charge >= 0.3 is 12.0 Å². The number of amides is 2. The first-order chi connectivity index (χ1) is 9.18. The Labute approximate surface area is 118 Å². The summed E-state index contributed by atoms with van der Waals surface area (Å²) in [6, 6.07) is -0.886. The van der Waals surface area contributed by atoms with E-state index in [0.717, 1.165) is 5.75 Å². The number of nitrogens with zero attached hydrogens (tertiary/aromatic N) is 1. The number of hydrogen-bond acceptors (Lipinski definition) is 3. The maximum absolute atomic E-state index is 12.1. The summed E-state index contributed by atoms with van der Waals surface area (Å²) in [7, 11) is 0. The van der Waals surface area contributed by atoms with Gasteiger partial charge in [-0.15, -0.1) is 0 Å². The second-order valence-electron chi connectivity index (χ2n) is 5.31. The van der Waals surface area contributed by atoms with Crippen LogP contribution in [0, 0.1) is 5.92 Å². The van der Waals surface area contributed by atoms with E-state index in [2.05, 4.69) is 5.32 Å². The molecule has 2 fully saturated rings. The highest BCUT2D eigenvalue weighted by atomic mass is 32.2. The second kappa shape index (κ2) is 7.03. The van der Waals surface area contributed by atoms with Crippen LogP contribution in [0.5, 0.6) is 0 Å². The van der Waals surface area contributed by atoms with Gasteiger partial charge < -0.3 is 15.3 Å². The zero-order valence-electron chi connectivity index (χ0n) is 11.1. The lowest BCUT2D eigenvalue weighted by Crippen LogP contribution is -2.54. The number of carboxylic acid groups (broad SMARTS) is 1. The molecule has 1 saturated carbocycles. The summed E-state index contributed by atoms with van der Waals surface area (Å²) in [5.74, 6) is 0.979. The average molecular weight is 286 g/mol. The first kappa shape index (κ1) is 14.5. The van der Waals surface area contributed by atoms with Gasteiger partial charge in [0.25, 0.3) is 0 Å². The molecule has 0 aromatic heterocycles. The van der Waals surface area contributed by atoms with Crippen molar-refractivity contribution in [3.05, 3.63) is 0 Å². The Bertz CT molecular complexity index is 332. The first-order valence-corrected chi connectivity index (χ1v) is 8.19. The van der Waals surface area contributed by atoms with Crippen LogP contribution in [-0.2, 0) is 4.79 Å². The van der Waals surface area contributed by atoms with Crippen molar-refractivity contribution in [1.82, 2.24) is 10.2 Å². The van der Waals surface area contributed by atoms with Crippen LogP contribution in [0.4, 0.5) is 4.79 Å². The molecule has 0 aromatic rings. The minimum absolute atomic E-state index is 0.210. The number of thioether (sulfide) groups is 1. The highest BCUT2D eigenvalue weighted by molar-refractivity contribution is 7.99. The van der Waals surface area contributed by atoms with E-state index in [1.807, 2.05) is 0 Å². The molecule has 1 unspecified atom stereocenters. The van der Waals surface area contributed by atoms with Crippen LogP contribution in [0.3, 0.4) is 0 Å². The Morgan fingerprint density at radius 2 is 2.00 bits per heavy atom. The van der Waals surface area contributed by atoms with Gasteiger partial charge in [0.15, 0.2) is 0 Å². The van der Waals surface area contributed by atoms with Crippen molar-refractivity contribution >= 4 is 23.8 Å². The molecule has 1 saturated heterocycles. The number of urea groups is 1. The molecule has 1 aliphatic carbocycles. The van der Waals surface area contributed by atoms with E-state index in [9.17, 15) is 9.59 Å². The molecular weight excluding hydrogens is 264 g/mol. The molecule has 1 heterocycles. The fraction of sp³-hybridized carbons (Fsp3) is 0.846. The standard InChI is InChI=1S/C13H22N2O3S/c16-12(17)11-9-19-7-6-15(11)13(18)14-8-10-4-2-1-3-5-10/h10-11H,1-9H2,(H,14,18)(H,16,17). The minimum Gasteiger partial charge on any atom is -0.480 e. The van der Waals surface area contributed by atoms with Crippen molar-refractivity contribution in [2.75, 3.05) is 24.6 Å². The molecule has 1 aliphatic heterocycles. The summed E-state index contributed by atoms with van der Waals surface area (Å²) in [5, 5.41) is 12.1. The molecule has 0 bridgehead atoms. The van der Waals surface area contributed by atoms with Gasteiger partial charge in [0.1, 0.15) is 6.04 Å². The van der Waals surface area contributed by atoms with Crippen LogP contribution < -0.4 is 5.32 Å². The predicted octanol–water partition coefficient (Wildman–Crippen LogP) is 1.78. The molecule has 1 atom stereocenters. The van der Waals surface area contributed by atoms with Crippen LogP contribution in [0.1, 0.15) is 32.1 Å². The Morgan fingerprint density at radius 3 is 2.68 bits per heavy atom. The quantitative estimate of drug-likeness (QED) is 0.829. The van der Waals surface area contributed by atoms with E-state index in [1.165, 1.54) is 37.0 Å². The van der Waals surface area contributed by atoms with Crippen molar-refractivity contribution in [2.45, 2.75) is 38.1 Å². The van der Waals surface area contributed by atoms with Crippen LogP contribution in [0.15, 0.2) is 0 Å². The molecule has 2 rings (SSSR count). The Balaban J connectivity index is 1.81. The van der Waals surface area contributed by atoms with Gasteiger partial charge in [-0.1, -0.05) is 19.3 Å². The third-order valence-corrected chi connectivity index (χ3v) is 4.96. The summed E-state index contributed by atoms with van der Waals surface area (Å²) in [6.45, 7) is 1.22. The minimum atomic E-state index is -0.903. The largest absolute Gasteiger partial charge is 0.480 e. The molecule has 108 valence electrons. The van der Waals surface area contributed by atoms with Gasteiger partial charge in [0, 0.05) is 24.6 Å². The third kappa shape index (κ3) is 4.03. The molecule has 2 aliphatic rings. The van der Waals surface area contributed by atoms with Gasteiger partial charge in [-0.25, -0.2) is 9.59 Å². The van der Waals surface area contributed by atoms with Crippen molar-refractivity contribution in [3.63, 3.8) is 0 Å². The van der Waals surface area contributed by atoms with Crippen molar-refractivity contribution in [2.24, 2.45) is 5.92 Å². The monoisotopic (exact) mass is 286 g/mol. The third-order valence-electron chi connectivity index (χ3n) is 3.94. The number of rotatable bonds is 3. The molecule has 0 spiro atoms. The van der Waals surface area contributed by atoms with Crippen molar-refractivity contribution in [1.29, 1.82) is 0 Å². The fourth-order valence-electron chi connectivity index (χ4n) is 2.78. The van der Waals surface area contributed by atoms with Crippen LogP contribution in [-0.4, -0.2) is 52.6 Å². The molecule has 6 heteroatoms. The van der Waals surface area contributed by atoms with E-state index < -0.39 is 12.0 Å². The predicted molar refractivity (Wildman–Crippen MR) is 75.4 cm³/mol. The molecule has 19 heavy (non-hydrogen) atoms. The van der Waals surface area contributed by atoms with Gasteiger partial charge in [-0.05, 0) is 18.8 Å². The highest BCUT2D eigenvalue weighted by Gasteiger charge is 2.32. The maximum Gasteiger partial charge on any atom is 0.327 e. The Hall–Kier alpha value is -0.910. The lowest BCUT2D eigenvalue weighted by atomic mass is 9.89. The van der Waals surface area contributed by atoms with E-state index >= 15 is 0 Å². The number of carbonyl (C=O) groups is 2. The molecule has 0 radical (unpaired) electrons. The Kier molecular flexibility index (Phi) is 5.36. The zero-order chi connectivity index (χ0) is 13.7. The van der Waals surface area contributed by atoms with Crippen molar-refractivity contribution in [3.8, 4) is 0 Å². The summed E-state index contributed by atoms with van der Waals surface area (Å²) in [4.78, 5) is 24.7. The second-order valence-corrected chi connectivity index (χ2v) is 6.46. The van der Waals surface area contributed by atoms with Crippen LogP contribution in [0.25, 0.3) is 0 Å². The normalized spacial score (nSPS) is 25.1. The Morgan fingerprint density at radius 1 is 1.26 bits per heavy atom. The van der Waals surface area contributed by atoms with Gasteiger partial charge in [-0.3, -0.25) is 0 Å². The lowest BCUT2D eigenvalue weighted by molar-refractivity contribution is -0.141. The summed E-state index contributed by atoms with van der Waals surface area (Å²) >= 11 is 1.60. The number of carbonyl (C=O) groups excluding carboxylic acids is 1. The average Bonchev–Trinajstić information content (AvgIpc) is 2.46. The number of hydrogen-bond donors (Lipinski definition) is 2.